The summed E-state index contributed by atoms with van der Waals surface area (Å²) in [6, 6.07) is 0. The number of nitrogens with zero attached hydrogens (tertiary/aromatic N) is 1. The smallest absolute Gasteiger partial charge is 0.00160 e. The second-order valence-electron chi connectivity index (χ2n) is 7.39. The summed E-state index contributed by atoms with van der Waals surface area (Å²) in [6.07, 6.45) is 17.3. The lowest BCUT2D eigenvalue weighted by atomic mass is 9.84. The Morgan fingerprint density at radius 1 is 0.810 bits per heavy atom. The van der Waals surface area contributed by atoms with Crippen LogP contribution in [-0.4, -0.2) is 24.5 Å². The summed E-state index contributed by atoms with van der Waals surface area (Å²) in [6.45, 7) is 11.2. The van der Waals surface area contributed by atoms with E-state index in [0.29, 0.717) is 0 Å². The molecule has 0 N–H and O–H groups in total. The van der Waals surface area contributed by atoms with Crippen LogP contribution < -0.4 is 0 Å². The number of piperidine rings is 1. The first-order chi connectivity index (χ1) is 10.3. The molecule has 1 aliphatic rings. The van der Waals surface area contributed by atoms with E-state index in [-0.39, 0.29) is 0 Å². The lowest BCUT2D eigenvalue weighted by Gasteiger charge is -2.34. The molecule has 21 heavy (non-hydrogen) atoms. The molecule has 0 aromatic heterocycles. The molecule has 1 nitrogen and oxygen atoms in total. The first kappa shape index (κ1) is 19.0. The molecular weight excluding hydrogens is 254 g/mol. The zero-order valence-electron chi connectivity index (χ0n) is 15.2. The van der Waals surface area contributed by atoms with Gasteiger partial charge in [0.25, 0.3) is 0 Å². The third kappa shape index (κ3) is 8.86. The summed E-state index contributed by atoms with van der Waals surface area (Å²) < 4.78 is 0. The van der Waals surface area contributed by atoms with Crippen molar-refractivity contribution in [3.8, 4) is 0 Å². The van der Waals surface area contributed by atoms with Crippen LogP contribution in [-0.2, 0) is 0 Å². The second kappa shape index (κ2) is 12.5. The van der Waals surface area contributed by atoms with E-state index in [0.717, 1.165) is 11.8 Å². The molecule has 0 spiro atoms. The van der Waals surface area contributed by atoms with Crippen LogP contribution in [0.1, 0.15) is 97.8 Å². The van der Waals surface area contributed by atoms with Crippen LogP contribution in [0, 0.1) is 11.8 Å². The fourth-order valence-electron chi connectivity index (χ4n) is 3.72. The molecule has 0 aromatic carbocycles. The molecule has 1 saturated heterocycles. The third-order valence-electron chi connectivity index (χ3n) is 5.66. The molecule has 0 aromatic rings. The maximum Gasteiger partial charge on any atom is -0.00160 e. The highest BCUT2D eigenvalue weighted by atomic mass is 15.1. The Morgan fingerprint density at radius 3 is 1.86 bits per heavy atom. The summed E-state index contributed by atoms with van der Waals surface area (Å²) in [5.74, 6) is 1.95. The Labute approximate surface area is 134 Å². The Kier molecular flexibility index (Phi) is 11.3. The third-order valence-corrected chi connectivity index (χ3v) is 5.66. The van der Waals surface area contributed by atoms with Gasteiger partial charge >= 0.3 is 0 Å². The molecule has 0 saturated carbocycles. The van der Waals surface area contributed by atoms with Gasteiger partial charge in [0.2, 0.25) is 0 Å². The fourth-order valence-corrected chi connectivity index (χ4v) is 3.72. The van der Waals surface area contributed by atoms with Gasteiger partial charge < -0.3 is 4.90 Å². The van der Waals surface area contributed by atoms with Gasteiger partial charge in [-0.3, -0.25) is 0 Å². The van der Waals surface area contributed by atoms with Crippen molar-refractivity contribution in [1.29, 1.82) is 0 Å². The minimum Gasteiger partial charge on any atom is -0.303 e. The Morgan fingerprint density at radius 2 is 1.33 bits per heavy atom. The number of hydrogen-bond acceptors (Lipinski definition) is 1. The fraction of sp³-hybridized carbons (Fsp3) is 1.00. The standard InChI is InChI=1S/C20H41N/c1-4-6-7-8-9-10-11-12-13-16-21-17-14-20(15-18-21)19(3)5-2/h19-20H,4-18H2,1-3H3. The Hall–Kier alpha value is -0.0400. The van der Waals surface area contributed by atoms with Crippen molar-refractivity contribution < 1.29 is 0 Å². The highest BCUT2D eigenvalue weighted by Gasteiger charge is 2.22. The molecule has 126 valence electrons. The van der Waals surface area contributed by atoms with E-state index < -0.39 is 0 Å². The van der Waals surface area contributed by atoms with Crippen LogP contribution in [0.15, 0.2) is 0 Å². The van der Waals surface area contributed by atoms with Crippen LogP contribution in [0.2, 0.25) is 0 Å². The molecule has 1 aliphatic heterocycles. The number of likely N-dealkylation sites (tertiary alicyclic amines) is 1. The lowest BCUT2D eigenvalue weighted by Crippen LogP contribution is -2.36. The van der Waals surface area contributed by atoms with Gasteiger partial charge in [0.05, 0.1) is 0 Å². The van der Waals surface area contributed by atoms with Crippen LogP contribution in [0.4, 0.5) is 0 Å². The van der Waals surface area contributed by atoms with E-state index in [4.69, 9.17) is 0 Å². The molecular formula is C20H41N. The van der Waals surface area contributed by atoms with E-state index in [9.17, 15) is 0 Å². The Balaban J connectivity index is 1.88. The van der Waals surface area contributed by atoms with Crippen molar-refractivity contribution in [3.63, 3.8) is 0 Å². The zero-order valence-corrected chi connectivity index (χ0v) is 15.2. The SMILES string of the molecule is CCCCCCCCCCCN1CCC(C(C)CC)CC1. The first-order valence-corrected chi connectivity index (χ1v) is 10.00. The van der Waals surface area contributed by atoms with Gasteiger partial charge in [-0.15, -0.1) is 0 Å². The van der Waals surface area contributed by atoms with Crippen molar-refractivity contribution >= 4 is 0 Å². The molecule has 1 heterocycles. The van der Waals surface area contributed by atoms with Gasteiger partial charge in [0.1, 0.15) is 0 Å². The van der Waals surface area contributed by atoms with Crippen molar-refractivity contribution in [2.45, 2.75) is 97.8 Å². The summed E-state index contributed by atoms with van der Waals surface area (Å²) >= 11 is 0. The van der Waals surface area contributed by atoms with E-state index in [2.05, 4.69) is 25.7 Å². The van der Waals surface area contributed by atoms with Crippen molar-refractivity contribution in [2.24, 2.45) is 11.8 Å². The van der Waals surface area contributed by atoms with E-state index in [1.807, 2.05) is 0 Å². The highest BCUT2D eigenvalue weighted by molar-refractivity contribution is 4.75. The van der Waals surface area contributed by atoms with Gasteiger partial charge in [-0.2, -0.15) is 0 Å². The number of rotatable bonds is 12. The quantitative estimate of drug-likeness (QED) is 0.383. The van der Waals surface area contributed by atoms with Crippen LogP contribution in [0.5, 0.6) is 0 Å². The van der Waals surface area contributed by atoms with E-state index in [1.165, 1.54) is 96.7 Å². The molecule has 0 radical (unpaired) electrons. The van der Waals surface area contributed by atoms with Crippen molar-refractivity contribution in [2.75, 3.05) is 19.6 Å². The topological polar surface area (TPSA) is 3.24 Å². The summed E-state index contributed by atoms with van der Waals surface area (Å²) in [4.78, 5) is 2.72. The summed E-state index contributed by atoms with van der Waals surface area (Å²) in [7, 11) is 0. The number of unbranched alkanes of at least 4 members (excludes halogenated alkanes) is 8. The van der Waals surface area contributed by atoms with Crippen LogP contribution in [0.3, 0.4) is 0 Å². The highest BCUT2D eigenvalue weighted by Crippen LogP contribution is 2.26. The second-order valence-corrected chi connectivity index (χ2v) is 7.39. The maximum absolute atomic E-state index is 2.72. The molecule has 0 bridgehead atoms. The van der Waals surface area contributed by atoms with Crippen molar-refractivity contribution in [1.82, 2.24) is 4.90 Å². The summed E-state index contributed by atoms with van der Waals surface area (Å²) in [5.41, 5.74) is 0. The van der Waals surface area contributed by atoms with Gasteiger partial charge in [0.15, 0.2) is 0 Å². The maximum atomic E-state index is 2.72. The first-order valence-electron chi connectivity index (χ1n) is 10.00. The molecule has 1 rings (SSSR count). The minimum absolute atomic E-state index is 0.944. The predicted molar refractivity (Wildman–Crippen MR) is 95.8 cm³/mol. The van der Waals surface area contributed by atoms with Gasteiger partial charge in [0, 0.05) is 0 Å². The normalized spacial score (nSPS) is 19.0. The van der Waals surface area contributed by atoms with Crippen LogP contribution >= 0.6 is 0 Å². The molecule has 1 fully saturated rings. The van der Waals surface area contributed by atoms with Gasteiger partial charge in [-0.25, -0.2) is 0 Å². The van der Waals surface area contributed by atoms with E-state index >= 15 is 0 Å². The Bertz CT molecular complexity index is 218. The molecule has 1 unspecified atom stereocenters. The predicted octanol–water partition coefficient (Wildman–Crippen LogP) is 6.28. The van der Waals surface area contributed by atoms with Crippen molar-refractivity contribution in [3.05, 3.63) is 0 Å². The molecule has 0 amide bonds. The average Bonchev–Trinajstić information content (AvgIpc) is 2.53. The molecule has 0 aliphatic carbocycles. The number of hydrogen-bond donors (Lipinski definition) is 0. The minimum atomic E-state index is 0.944. The molecule has 1 atom stereocenters. The summed E-state index contributed by atoms with van der Waals surface area (Å²) in [5, 5.41) is 0. The van der Waals surface area contributed by atoms with Gasteiger partial charge in [-0.05, 0) is 50.7 Å². The van der Waals surface area contributed by atoms with Gasteiger partial charge in [-0.1, -0.05) is 78.6 Å². The molecule has 1 heteroatoms. The zero-order chi connectivity index (χ0) is 15.3. The largest absolute Gasteiger partial charge is 0.303 e. The van der Waals surface area contributed by atoms with Crippen LogP contribution in [0.25, 0.3) is 0 Å². The average molecular weight is 296 g/mol. The monoisotopic (exact) mass is 295 g/mol. The lowest BCUT2D eigenvalue weighted by molar-refractivity contribution is 0.148. The van der Waals surface area contributed by atoms with E-state index in [1.54, 1.807) is 0 Å².